The highest BCUT2D eigenvalue weighted by Gasteiger charge is 2.17. The summed E-state index contributed by atoms with van der Waals surface area (Å²) >= 11 is 0. The van der Waals surface area contributed by atoms with Crippen molar-refractivity contribution in [3.8, 4) is 0 Å². The molecule has 2 rings (SSSR count). The van der Waals surface area contributed by atoms with Crippen molar-refractivity contribution in [3.63, 3.8) is 0 Å². The lowest BCUT2D eigenvalue weighted by molar-refractivity contribution is 0.441. The van der Waals surface area contributed by atoms with Gasteiger partial charge < -0.3 is 0 Å². The maximum absolute atomic E-state index is 2.38. The van der Waals surface area contributed by atoms with Crippen molar-refractivity contribution in [1.29, 1.82) is 0 Å². The van der Waals surface area contributed by atoms with E-state index in [1.807, 2.05) is 0 Å². The first-order valence-corrected chi connectivity index (χ1v) is 6.99. The van der Waals surface area contributed by atoms with Crippen molar-refractivity contribution in [2.75, 3.05) is 0 Å². The van der Waals surface area contributed by atoms with Gasteiger partial charge in [-0.05, 0) is 42.7 Å². The van der Waals surface area contributed by atoms with Crippen LogP contribution in [0.25, 0.3) is 0 Å². The molecule has 0 radical (unpaired) electrons. The Labute approximate surface area is 100 Å². The lowest BCUT2D eigenvalue weighted by Crippen LogP contribution is -2.07. The van der Waals surface area contributed by atoms with Crippen LogP contribution in [0.1, 0.15) is 68.9 Å². The molecule has 1 aromatic rings. The van der Waals surface area contributed by atoms with E-state index >= 15 is 0 Å². The molecule has 0 bridgehead atoms. The SMILES string of the molecule is CCCCc1ccccc1C1CCCCC1. The molecule has 0 heteroatoms. The first kappa shape index (κ1) is 11.7. The van der Waals surface area contributed by atoms with Crippen LogP contribution in [0.5, 0.6) is 0 Å². The van der Waals surface area contributed by atoms with E-state index in [0.29, 0.717) is 0 Å². The lowest BCUT2D eigenvalue weighted by Gasteiger charge is -2.24. The molecule has 0 saturated heterocycles. The van der Waals surface area contributed by atoms with Crippen LogP contribution in [-0.4, -0.2) is 0 Å². The molecule has 88 valence electrons. The van der Waals surface area contributed by atoms with Crippen molar-refractivity contribution < 1.29 is 0 Å². The minimum atomic E-state index is 0.863. The standard InChI is InChI=1S/C16H24/c1-2-3-9-14-12-7-8-13-16(14)15-10-5-4-6-11-15/h7-8,12-13,15H,2-6,9-11H2,1H3. The molecule has 1 aliphatic carbocycles. The van der Waals surface area contributed by atoms with Gasteiger partial charge in [0.05, 0.1) is 0 Å². The van der Waals surface area contributed by atoms with E-state index in [1.165, 1.54) is 51.4 Å². The van der Waals surface area contributed by atoms with E-state index < -0.39 is 0 Å². The van der Waals surface area contributed by atoms with Crippen LogP contribution >= 0.6 is 0 Å². The monoisotopic (exact) mass is 216 g/mol. The predicted octanol–water partition coefficient (Wildman–Crippen LogP) is 5.08. The summed E-state index contributed by atoms with van der Waals surface area (Å²) in [6.45, 7) is 2.28. The third kappa shape index (κ3) is 2.87. The summed E-state index contributed by atoms with van der Waals surface area (Å²) in [4.78, 5) is 0. The number of hydrogen-bond acceptors (Lipinski definition) is 0. The van der Waals surface area contributed by atoms with Gasteiger partial charge in [0.25, 0.3) is 0 Å². The quantitative estimate of drug-likeness (QED) is 0.658. The normalized spacial score (nSPS) is 17.6. The number of rotatable bonds is 4. The van der Waals surface area contributed by atoms with Gasteiger partial charge in [-0.1, -0.05) is 56.9 Å². The van der Waals surface area contributed by atoms with Gasteiger partial charge in [0.15, 0.2) is 0 Å². The largest absolute Gasteiger partial charge is 0.0654 e. The van der Waals surface area contributed by atoms with Gasteiger partial charge in [-0.2, -0.15) is 0 Å². The maximum Gasteiger partial charge on any atom is -0.0159 e. The van der Waals surface area contributed by atoms with E-state index in [0.717, 1.165) is 5.92 Å². The summed E-state index contributed by atoms with van der Waals surface area (Å²) in [5, 5.41) is 0. The molecule has 0 nitrogen and oxygen atoms in total. The molecule has 0 heterocycles. The molecule has 0 N–H and O–H groups in total. The van der Waals surface area contributed by atoms with Crippen molar-refractivity contribution in [2.45, 2.75) is 64.2 Å². The van der Waals surface area contributed by atoms with Crippen molar-refractivity contribution in [1.82, 2.24) is 0 Å². The van der Waals surface area contributed by atoms with Crippen molar-refractivity contribution >= 4 is 0 Å². The molecule has 1 aromatic carbocycles. The summed E-state index contributed by atoms with van der Waals surface area (Å²) in [7, 11) is 0. The fraction of sp³-hybridized carbons (Fsp3) is 0.625. The summed E-state index contributed by atoms with van der Waals surface area (Å²) < 4.78 is 0. The summed E-state index contributed by atoms with van der Waals surface area (Å²) in [6.07, 6.45) is 11.1. The minimum absolute atomic E-state index is 0.863. The zero-order valence-electron chi connectivity index (χ0n) is 10.5. The van der Waals surface area contributed by atoms with E-state index in [2.05, 4.69) is 31.2 Å². The fourth-order valence-corrected chi connectivity index (χ4v) is 2.94. The number of aryl methyl sites for hydroxylation is 1. The maximum atomic E-state index is 2.38. The molecule has 1 fully saturated rings. The first-order valence-electron chi connectivity index (χ1n) is 6.99. The smallest absolute Gasteiger partial charge is 0.0159 e. The first-order chi connectivity index (χ1) is 7.92. The Bertz CT molecular complexity index is 308. The molecule has 1 saturated carbocycles. The molecular formula is C16H24. The Morgan fingerprint density at radius 3 is 2.56 bits per heavy atom. The second-order valence-electron chi connectivity index (χ2n) is 5.14. The summed E-state index contributed by atoms with van der Waals surface area (Å²) in [5.74, 6) is 0.863. The second kappa shape index (κ2) is 6.08. The molecule has 0 spiro atoms. The fourth-order valence-electron chi connectivity index (χ4n) is 2.94. The number of unbranched alkanes of at least 4 members (excludes halogenated alkanes) is 1. The van der Waals surface area contributed by atoms with Gasteiger partial charge in [-0.25, -0.2) is 0 Å². The highest BCUT2D eigenvalue weighted by molar-refractivity contribution is 5.30. The third-order valence-electron chi connectivity index (χ3n) is 3.90. The Hall–Kier alpha value is -0.780. The molecule has 16 heavy (non-hydrogen) atoms. The van der Waals surface area contributed by atoms with Crippen LogP contribution in [0.4, 0.5) is 0 Å². The average molecular weight is 216 g/mol. The summed E-state index contributed by atoms with van der Waals surface area (Å²) in [5.41, 5.74) is 3.28. The Balaban J connectivity index is 2.11. The van der Waals surface area contributed by atoms with E-state index in [-0.39, 0.29) is 0 Å². The van der Waals surface area contributed by atoms with Crippen LogP contribution in [0, 0.1) is 0 Å². The Morgan fingerprint density at radius 1 is 1.06 bits per heavy atom. The molecular weight excluding hydrogens is 192 g/mol. The van der Waals surface area contributed by atoms with Gasteiger partial charge >= 0.3 is 0 Å². The number of hydrogen-bond donors (Lipinski definition) is 0. The topological polar surface area (TPSA) is 0 Å². The zero-order chi connectivity index (χ0) is 11.2. The molecule has 1 aliphatic rings. The molecule has 0 atom stereocenters. The highest BCUT2D eigenvalue weighted by atomic mass is 14.2. The minimum Gasteiger partial charge on any atom is -0.0654 e. The average Bonchev–Trinajstić information content (AvgIpc) is 2.38. The van der Waals surface area contributed by atoms with E-state index in [1.54, 1.807) is 11.1 Å². The van der Waals surface area contributed by atoms with Gasteiger partial charge in [0.2, 0.25) is 0 Å². The molecule has 0 aromatic heterocycles. The van der Waals surface area contributed by atoms with E-state index in [9.17, 15) is 0 Å². The molecule has 0 amide bonds. The van der Waals surface area contributed by atoms with Gasteiger partial charge in [0.1, 0.15) is 0 Å². The molecule has 0 unspecified atom stereocenters. The van der Waals surface area contributed by atoms with Crippen LogP contribution in [0.3, 0.4) is 0 Å². The van der Waals surface area contributed by atoms with Crippen molar-refractivity contribution in [3.05, 3.63) is 35.4 Å². The second-order valence-corrected chi connectivity index (χ2v) is 5.14. The van der Waals surface area contributed by atoms with Crippen LogP contribution < -0.4 is 0 Å². The summed E-state index contributed by atoms with van der Waals surface area (Å²) in [6, 6.07) is 9.15. The van der Waals surface area contributed by atoms with Gasteiger partial charge in [-0.15, -0.1) is 0 Å². The lowest BCUT2D eigenvalue weighted by atomic mass is 9.81. The van der Waals surface area contributed by atoms with Crippen LogP contribution in [0.15, 0.2) is 24.3 Å². The third-order valence-corrected chi connectivity index (χ3v) is 3.90. The molecule has 0 aliphatic heterocycles. The highest BCUT2D eigenvalue weighted by Crippen LogP contribution is 2.34. The predicted molar refractivity (Wildman–Crippen MR) is 70.9 cm³/mol. The Kier molecular flexibility index (Phi) is 4.44. The van der Waals surface area contributed by atoms with E-state index in [4.69, 9.17) is 0 Å². The van der Waals surface area contributed by atoms with Gasteiger partial charge in [-0.3, -0.25) is 0 Å². The van der Waals surface area contributed by atoms with Crippen LogP contribution in [0.2, 0.25) is 0 Å². The zero-order valence-corrected chi connectivity index (χ0v) is 10.5. The van der Waals surface area contributed by atoms with Gasteiger partial charge in [0, 0.05) is 0 Å². The Morgan fingerprint density at radius 2 is 1.81 bits per heavy atom. The van der Waals surface area contributed by atoms with Crippen molar-refractivity contribution in [2.24, 2.45) is 0 Å². The van der Waals surface area contributed by atoms with Crippen LogP contribution in [-0.2, 0) is 6.42 Å². The number of benzene rings is 1.